The molecule has 28 heavy (non-hydrogen) atoms. The fraction of sp³-hybridized carbons (Fsp3) is 0.238. The van der Waals surface area contributed by atoms with Crippen molar-refractivity contribution < 1.29 is 13.2 Å². The summed E-state index contributed by atoms with van der Waals surface area (Å²) >= 11 is 0. The first kappa shape index (κ1) is 19.6. The number of rotatable bonds is 7. The number of benzene rings is 2. The van der Waals surface area contributed by atoms with E-state index in [2.05, 4.69) is 16.4 Å². The van der Waals surface area contributed by atoms with Gasteiger partial charge in [-0.2, -0.15) is 18.4 Å². The Bertz CT molecular complexity index is 953. The molecule has 144 valence electrons. The summed E-state index contributed by atoms with van der Waals surface area (Å²) in [6, 6.07) is 15.0. The van der Waals surface area contributed by atoms with E-state index in [1.807, 2.05) is 16.7 Å². The number of nitrogens with zero attached hydrogens (tertiary/aromatic N) is 3. The van der Waals surface area contributed by atoms with Gasteiger partial charge in [0.15, 0.2) is 0 Å². The van der Waals surface area contributed by atoms with Crippen molar-refractivity contribution in [2.75, 3.05) is 6.54 Å². The number of nitrogens with one attached hydrogen (secondary N) is 1. The van der Waals surface area contributed by atoms with E-state index >= 15 is 0 Å². The molecule has 4 nitrogen and oxygen atoms in total. The Morgan fingerprint density at radius 2 is 1.82 bits per heavy atom. The van der Waals surface area contributed by atoms with Gasteiger partial charge in [-0.1, -0.05) is 30.3 Å². The molecule has 0 atom stereocenters. The summed E-state index contributed by atoms with van der Waals surface area (Å²) < 4.78 is 41.1. The maximum atomic E-state index is 13.0. The average molecular weight is 384 g/mol. The average Bonchev–Trinajstić information content (AvgIpc) is 3.12. The summed E-state index contributed by atoms with van der Waals surface area (Å²) in [4.78, 5) is 4.17. The van der Waals surface area contributed by atoms with Gasteiger partial charge in [0, 0.05) is 37.9 Å². The SMILES string of the molecule is N#Cc1ccc(Cn2cncc2CCNCc2ccccc2C(F)(F)F)cc1. The molecule has 1 aromatic heterocycles. The minimum atomic E-state index is -4.35. The molecule has 0 spiro atoms. The van der Waals surface area contributed by atoms with Crippen LogP contribution in [0, 0.1) is 11.3 Å². The predicted octanol–water partition coefficient (Wildman–Crippen LogP) is 4.15. The van der Waals surface area contributed by atoms with Crippen LogP contribution in [0.5, 0.6) is 0 Å². The quantitative estimate of drug-likeness (QED) is 0.623. The second-order valence-corrected chi connectivity index (χ2v) is 6.40. The summed E-state index contributed by atoms with van der Waals surface area (Å²) in [5.41, 5.74) is 2.28. The number of hydrogen-bond donors (Lipinski definition) is 1. The molecule has 0 fully saturated rings. The Balaban J connectivity index is 1.55. The van der Waals surface area contributed by atoms with Crippen LogP contribution in [0.3, 0.4) is 0 Å². The van der Waals surface area contributed by atoms with Gasteiger partial charge in [-0.3, -0.25) is 0 Å². The number of hydrogen-bond acceptors (Lipinski definition) is 3. The largest absolute Gasteiger partial charge is 0.416 e. The van der Waals surface area contributed by atoms with Crippen LogP contribution in [-0.4, -0.2) is 16.1 Å². The minimum absolute atomic E-state index is 0.152. The van der Waals surface area contributed by atoms with E-state index in [4.69, 9.17) is 5.26 Å². The van der Waals surface area contributed by atoms with Crippen molar-refractivity contribution in [1.29, 1.82) is 5.26 Å². The van der Waals surface area contributed by atoms with Crippen molar-refractivity contribution in [3.05, 3.63) is 89.0 Å². The van der Waals surface area contributed by atoms with Crippen LogP contribution in [0.1, 0.15) is 27.9 Å². The van der Waals surface area contributed by atoms with Gasteiger partial charge in [0.25, 0.3) is 0 Å². The summed E-state index contributed by atoms with van der Waals surface area (Å²) in [7, 11) is 0. The summed E-state index contributed by atoms with van der Waals surface area (Å²) in [6.45, 7) is 1.31. The van der Waals surface area contributed by atoms with E-state index in [1.165, 1.54) is 12.1 Å². The van der Waals surface area contributed by atoms with Gasteiger partial charge in [0.05, 0.1) is 23.5 Å². The van der Waals surface area contributed by atoms with Gasteiger partial charge < -0.3 is 9.88 Å². The molecule has 7 heteroatoms. The normalized spacial score (nSPS) is 11.4. The predicted molar refractivity (Wildman–Crippen MR) is 99.3 cm³/mol. The minimum Gasteiger partial charge on any atom is -0.330 e. The van der Waals surface area contributed by atoms with Gasteiger partial charge in [0.1, 0.15) is 0 Å². The van der Waals surface area contributed by atoms with Crippen LogP contribution in [0.15, 0.2) is 61.1 Å². The molecule has 1 N–H and O–H groups in total. The standard InChI is InChI=1S/C21H19F3N4/c22-21(23,24)20-4-2-1-3-18(20)12-26-10-9-19-13-27-15-28(19)14-17-7-5-16(11-25)6-8-17/h1-8,13,15,26H,9-10,12,14H2. The smallest absolute Gasteiger partial charge is 0.330 e. The van der Waals surface area contributed by atoms with Crippen molar-refractivity contribution >= 4 is 0 Å². The van der Waals surface area contributed by atoms with Gasteiger partial charge >= 0.3 is 6.18 Å². The fourth-order valence-electron chi connectivity index (χ4n) is 2.97. The zero-order chi connectivity index (χ0) is 20.0. The Hall–Kier alpha value is -3.11. The second kappa shape index (κ2) is 8.72. The second-order valence-electron chi connectivity index (χ2n) is 6.40. The highest BCUT2D eigenvalue weighted by Gasteiger charge is 2.32. The molecule has 2 aromatic carbocycles. The maximum absolute atomic E-state index is 13.0. The molecule has 0 aliphatic heterocycles. The van der Waals surface area contributed by atoms with E-state index in [0.717, 1.165) is 17.3 Å². The highest BCUT2D eigenvalue weighted by atomic mass is 19.4. The van der Waals surface area contributed by atoms with Crippen molar-refractivity contribution in [3.63, 3.8) is 0 Å². The molecular formula is C21H19F3N4. The third-order valence-electron chi connectivity index (χ3n) is 4.43. The molecule has 0 amide bonds. The molecule has 3 aromatic rings. The lowest BCUT2D eigenvalue weighted by Crippen LogP contribution is -2.20. The number of aromatic nitrogens is 2. The molecule has 0 aliphatic rings. The summed E-state index contributed by atoms with van der Waals surface area (Å²) in [6.07, 6.45) is -0.218. The zero-order valence-corrected chi connectivity index (χ0v) is 15.1. The lowest BCUT2D eigenvalue weighted by Gasteiger charge is -2.13. The Morgan fingerprint density at radius 1 is 1.07 bits per heavy atom. The van der Waals surface area contributed by atoms with Crippen LogP contribution in [0.25, 0.3) is 0 Å². The summed E-state index contributed by atoms with van der Waals surface area (Å²) in [5, 5.41) is 11.9. The molecule has 3 rings (SSSR count). The van der Waals surface area contributed by atoms with E-state index in [0.29, 0.717) is 25.1 Å². The van der Waals surface area contributed by atoms with Gasteiger partial charge in [-0.05, 0) is 29.3 Å². The van der Waals surface area contributed by atoms with Gasteiger partial charge in [-0.15, -0.1) is 0 Å². The van der Waals surface area contributed by atoms with Crippen LogP contribution < -0.4 is 5.32 Å². The monoisotopic (exact) mass is 384 g/mol. The van der Waals surface area contributed by atoms with Crippen molar-refractivity contribution in [2.24, 2.45) is 0 Å². The first-order valence-electron chi connectivity index (χ1n) is 8.81. The van der Waals surface area contributed by atoms with Gasteiger partial charge in [0.2, 0.25) is 0 Å². The number of nitriles is 1. The molecular weight excluding hydrogens is 365 g/mol. The van der Waals surface area contributed by atoms with Crippen LogP contribution in [0.2, 0.25) is 0 Å². The first-order valence-corrected chi connectivity index (χ1v) is 8.81. The van der Waals surface area contributed by atoms with E-state index in [1.54, 1.807) is 30.7 Å². The third-order valence-corrected chi connectivity index (χ3v) is 4.43. The lowest BCUT2D eigenvalue weighted by atomic mass is 10.1. The molecule has 0 aliphatic carbocycles. The number of halogens is 3. The Morgan fingerprint density at radius 3 is 2.54 bits per heavy atom. The maximum Gasteiger partial charge on any atom is 0.416 e. The van der Waals surface area contributed by atoms with Crippen LogP contribution in [-0.2, 0) is 25.7 Å². The molecule has 0 radical (unpaired) electrons. The Kier molecular flexibility index (Phi) is 6.12. The van der Waals surface area contributed by atoms with Crippen molar-refractivity contribution in [3.8, 4) is 6.07 Å². The number of alkyl halides is 3. The fourth-order valence-corrected chi connectivity index (χ4v) is 2.97. The molecule has 0 bridgehead atoms. The summed E-state index contributed by atoms with van der Waals surface area (Å²) in [5.74, 6) is 0. The third kappa shape index (κ3) is 4.99. The van der Waals surface area contributed by atoms with Crippen LogP contribution in [0.4, 0.5) is 13.2 Å². The molecule has 0 unspecified atom stereocenters. The number of imidazole rings is 1. The van der Waals surface area contributed by atoms with Gasteiger partial charge in [-0.25, -0.2) is 4.98 Å². The molecule has 0 saturated carbocycles. The van der Waals surface area contributed by atoms with Crippen molar-refractivity contribution in [1.82, 2.24) is 14.9 Å². The van der Waals surface area contributed by atoms with Crippen LogP contribution >= 0.6 is 0 Å². The van der Waals surface area contributed by atoms with E-state index < -0.39 is 11.7 Å². The molecule has 0 saturated heterocycles. The van der Waals surface area contributed by atoms with E-state index in [-0.39, 0.29) is 12.1 Å². The van der Waals surface area contributed by atoms with Crippen molar-refractivity contribution in [2.45, 2.75) is 25.7 Å². The highest BCUT2D eigenvalue weighted by molar-refractivity contribution is 5.32. The Labute approximate surface area is 161 Å². The van der Waals surface area contributed by atoms with E-state index in [9.17, 15) is 13.2 Å². The molecule has 1 heterocycles. The highest BCUT2D eigenvalue weighted by Crippen LogP contribution is 2.31. The first-order chi connectivity index (χ1) is 13.5. The lowest BCUT2D eigenvalue weighted by molar-refractivity contribution is -0.138. The topological polar surface area (TPSA) is 53.6 Å². The zero-order valence-electron chi connectivity index (χ0n) is 15.1.